The van der Waals surface area contributed by atoms with Crippen molar-refractivity contribution in [2.75, 3.05) is 33.0 Å². The Hall–Kier alpha value is -1.30. The highest BCUT2D eigenvalue weighted by Crippen LogP contribution is 2.20. The first kappa shape index (κ1) is 14.8. The van der Waals surface area contributed by atoms with E-state index in [-0.39, 0.29) is 19.1 Å². The van der Waals surface area contributed by atoms with Gasteiger partial charge in [0.05, 0.1) is 23.3 Å². The monoisotopic (exact) mass is 272 g/mol. The molecule has 0 aliphatic rings. The standard InChI is InChI=1S/C12H17ClN2O3/c1-15(6-9(16)7-18-2)12(17)10-4-3-8(14)5-11(10)13/h3-5,9,16H,6-7,14H2,1-2H3. The summed E-state index contributed by atoms with van der Waals surface area (Å²) in [5, 5.41) is 9.86. The molecule has 0 spiro atoms. The zero-order valence-electron chi connectivity index (χ0n) is 10.4. The van der Waals surface area contributed by atoms with Gasteiger partial charge in [-0.05, 0) is 18.2 Å². The lowest BCUT2D eigenvalue weighted by atomic mass is 10.1. The van der Waals surface area contributed by atoms with E-state index in [1.165, 1.54) is 18.1 Å². The molecule has 6 heteroatoms. The maximum absolute atomic E-state index is 12.1. The molecule has 1 aromatic rings. The minimum Gasteiger partial charge on any atom is -0.399 e. The quantitative estimate of drug-likeness (QED) is 0.784. The second kappa shape index (κ2) is 6.58. The molecule has 100 valence electrons. The number of nitrogens with two attached hydrogens (primary N) is 1. The molecule has 0 aliphatic carbocycles. The number of benzene rings is 1. The van der Waals surface area contributed by atoms with E-state index in [2.05, 4.69) is 0 Å². The van der Waals surface area contributed by atoms with Gasteiger partial charge in [-0.2, -0.15) is 0 Å². The van der Waals surface area contributed by atoms with Gasteiger partial charge in [0.1, 0.15) is 0 Å². The van der Waals surface area contributed by atoms with Crippen molar-refractivity contribution >= 4 is 23.2 Å². The molecule has 0 fully saturated rings. The van der Waals surface area contributed by atoms with E-state index >= 15 is 0 Å². The average molecular weight is 273 g/mol. The van der Waals surface area contributed by atoms with Gasteiger partial charge in [0.2, 0.25) is 0 Å². The van der Waals surface area contributed by atoms with Crippen LogP contribution in [-0.4, -0.2) is 49.3 Å². The number of anilines is 1. The summed E-state index contributed by atoms with van der Waals surface area (Å²) < 4.78 is 4.80. The van der Waals surface area contributed by atoms with Crippen LogP contribution in [0.15, 0.2) is 18.2 Å². The number of carbonyl (C=O) groups excluding carboxylic acids is 1. The number of aliphatic hydroxyl groups is 1. The normalized spacial score (nSPS) is 12.2. The molecular formula is C12H17ClN2O3. The summed E-state index contributed by atoms with van der Waals surface area (Å²) in [6.07, 6.45) is -0.725. The summed E-state index contributed by atoms with van der Waals surface area (Å²) in [4.78, 5) is 13.5. The first-order chi connectivity index (χ1) is 8.45. The highest BCUT2D eigenvalue weighted by atomic mass is 35.5. The molecule has 0 saturated heterocycles. The Morgan fingerprint density at radius 1 is 1.61 bits per heavy atom. The molecule has 0 bridgehead atoms. The van der Waals surface area contributed by atoms with Gasteiger partial charge in [-0.15, -0.1) is 0 Å². The fraction of sp³-hybridized carbons (Fsp3) is 0.417. The first-order valence-electron chi connectivity index (χ1n) is 5.43. The van der Waals surface area contributed by atoms with Gasteiger partial charge in [-0.25, -0.2) is 0 Å². The molecule has 3 N–H and O–H groups in total. The molecule has 0 aliphatic heterocycles. The number of likely N-dealkylation sites (N-methyl/N-ethyl adjacent to an activating group) is 1. The molecular weight excluding hydrogens is 256 g/mol. The molecule has 0 radical (unpaired) electrons. The fourth-order valence-corrected chi connectivity index (χ4v) is 1.82. The maximum Gasteiger partial charge on any atom is 0.255 e. The van der Waals surface area contributed by atoms with Crippen LogP contribution in [-0.2, 0) is 4.74 Å². The van der Waals surface area contributed by atoms with Crippen molar-refractivity contribution in [2.45, 2.75) is 6.10 Å². The largest absolute Gasteiger partial charge is 0.399 e. The maximum atomic E-state index is 12.1. The third kappa shape index (κ3) is 3.87. The average Bonchev–Trinajstić information content (AvgIpc) is 2.28. The minimum atomic E-state index is -0.725. The number of aliphatic hydroxyl groups excluding tert-OH is 1. The van der Waals surface area contributed by atoms with Crippen LogP contribution < -0.4 is 5.73 Å². The Kier molecular flexibility index (Phi) is 5.40. The minimum absolute atomic E-state index is 0.174. The molecule has 18 heavy (non-hydrogen) atoms. The second-order valence-electron chi connectivity index (χ2n) is 4.03. The SMILES string of the molecule is COCC(O)CN(C)C(=O)c1ccc(N)cc1Cl. The number of hydrogen-bond donors (Lipinski definition) is 2. The molecule has 1 aromatic carbocycles. The summed E-state index contributed by atoms with van der Waals surface area (Å²) in [6, 6.07) is 4.70. The summed E-state index contributed by atoms with van der Waals surface area (Å²) in [5.41, 5.74) is 6.42. The molecule has 0 heterocycles. The lowest BCUT2D eigenvalue weighted by Gasteiger charge is -2.21. The van der Waals surface area contributed by atoms with Crippen LogP contribution in [0.3, 0.4) is 0 Å². The molecule has 0 aromatic heterocycles. The van der Waals surface area contributed by atoms with E-state index < -0.39 is 6.10 Å². The number of ether oxygens (including phenoxy) is 1. The van der Waals surface area contributed by atoms with Crippen LogP contribution >= 0.6 is 11.6 Å². The van der Waals surface area contributed by atoms with E-state index in [1.807, 2.05) is 0 Å². The van der Waals surface area contributed by atoms with Gasteiger partial charge in [0.15, 0.2) is 0 Å². The number of rotatable bonds is 5. The Balaban J connectivity index is 2.74. The van der Waals surface area contributed by atoms with Gasteiger partial charge in [0.25, 0.3) is 5.91 Å². The number of nitrogen functional groups attached to an aromatic ring is 1. The highest BCUT2D eigenvalue weighted by molar-refractivity contribution is 6.34. The Bertz CT molecular complexity index is 426. The summed E-state index contributed by atoms with van der Waals surface area (Å²) >= 11 is 5.95. The number of hydrogen-bond acceptors (Lipinski definition) is 4. The topological polar surface area (TPSA) is 75.8 Å². The van der Waals surface area contributed by atoms with Gasteiger partial charge in [-0.1, -0.05) is 11.6 Å². The Labute approximate surface area is 111 Å². The van der Waals surface area contributed by atoms with Gasteiger partial charge < -0.3 is 20.5 Å². The lowest BCUT2D eigenvalue weighted by molar-refractivity contribution is 0.0380. The number of methoxy groups -OCH3 is 1. The first-order valence-corrected chi connectivity index (χ1v) is 5.81. The molecule has 1 unspecified atom stereocenters. The zero-order chi connectivity index (χ0) is 13.7. The van der Waals surface area contributed by atoms with Gasteiger partial charge in [0, 0.05) is 26.4 Å². The summed E-state index contributed by atoms with van der Waals surface area (Å²) in [5.74, 6) is -0.268. The second-order valence-corrected chi connectivity index (χ2v) is 4.44. The number of amides is 1. The van der Waals surface area contributed by atoms with Crippen LogP contribution in [0.2, 0.25) is 5.02 Å². The van der Waals surface area contributed by atoms with Gasteiger partial charge in [-0.3, -0.25) is 4.79 Å². The van der Waals surface area contributed by atoms with Crippen LogP contribution in [0, 0.1) is 0 Å². The number of carbonyl (C=O) groups is 1. The van der Waals surface area contributed by atoms with Crippen LogP contribution in [0.1, 0.15) is 10.4 Å². The van der Waals surface area contributed by atoms with E-state index in [0.29, 0.717) is 16.3 Å². The van der Waals surface area contributed by atoms with Crippen molar-refractivity contribution < 1.29 is 14.6 Å². The van der Waals surface area contributed by atoms with Crippen molar-refractivity contribution in [3.8, 4) is 0 Å². The number of halogens is 1. The molecule has 5 nitrogen and oxygen atoms in total. The van der Waals surface area contributed by atoms with Crippen molar-refractivity contribution in [1.82, 2.24) is 4.90 Å². The van der Waals surface area contributed by atoms with Crippen LogP contribution in [0.25, 0.3) is 0 Å². The molecule has 1 rings (SSSR count). The van der Waals surface area contributed by atoms with Crippen LogP contribution in [0.4, 0.5) is 5.69 Å². The van der Waals surface area contributed by atoms with E-state index in [4.69, 9.17) is 22.1 Å². The van der Waals surface area contributed by atoms with Gasteiger partial charge >= 0.3 is 0 Å². The summed E-state index contributed by atoms with van der Waals surface area (Å²) in [6.45, 7) is 0.348. The Morgan fingerprint density at radius 2 is 2.28 bits per heavy atom. The number of nitrogens with zero attached hydrogens (tertiary/aromatic N) is 1. The van der Waals surface area contributed by atoms with Crippen LogP contribution in [0.5, 0.6) is 0 Å². The smallest absolute Gasteiger partial charge is 0.255 e. The van der Waals surface area contributed by atoms with Crippen molar-refractivity contribution in [3.63, 3.8) is 0 Å². The Morgan fingerprint density at radius 3 is 2.83 bits per heavy atom. The fourth-order valence-electron chi connectivity index (χ4n) is 1.55. The molecule has 1 amide bonds. The van der Waals surface area contributed by atoms with Crippen molar-refractivity contribution in [3.05, 3.63) is 28.8 Å². The molecule has 0 saturated carbocycles. The van der Waals surface area contributed by atoms with Crippen molar-refractivity contribution in [1.29, 1.82) is 0 Å². The summed E-state index contributed by atoms with van der Waals surface area (Å²) in [7, 11) is 3.08. The predicted molar refractivity (Wildman–Crippen MR) is 70.7 cm³/mol. The predicted octanol–water partition coefficient (Wildman–Crippen LogP) is 1.00. The lowest BCUT2D eigenvalue weighted by Crippen LogP contribution is -2.36. The third-order valence-corrected chi connectivity index (χ3v) is 2.73. The zero-order valence-corrected chi connectivity index (χ0v) is 11.1. The highest BCUT2D eigenvalue weighted by Gasteiger charge is 2.17. The van der Waals surface area contributed by atoms with E-state index in [0.717, 1.165) is 0 Å². The molecule has 1 atom stereocenters. The van der Waals surface area contributed by atoms with E-state index in [9.17, 15) is 9.90 Å². The third-order valence-electron chi connectivity index (χ3n) is 2.41. The van der Waals surface area contributed by atoms with E-state index in [1.54, 1.807) is 19.2 Å². The van der Waals surface area contributed by atoms with Crippen molar-refractivity contribution in [2.24, 2.45) is 0 Å².